The predicted octanol–water partition coefficient (Wildman–Crippen LogP) is 1.96. The molecule has 0 atom stereocenters. The monoisotopic (exact) mass is 261 g/mol. The Bertz CT molecular complexity index is 781. The van der Waals surface area contributed by atoms with Crippen LogP contribution in [-0.2, 0) is 0 Å². The number of anilines is 1. The molecule has 3 aromatic rings. The zero-order chi connectivity index (χ0) is 13.6. The summed E-state index contributed by atoms with van der Waals surface area (Å²) in [5.41, 5.74) is 6.56. The maximum Gasteiger partial charge on any atom is 0.165 e. The van der Waals surface area contributed by atoms with Crippen LogP contribution in [0.1, 0.15) is 5.82 Å². The highest BCUT2D eigenvalue weighted by molar-refractivity contribution is 5.62. The molecule has 19 heavy (non-hydrogen) atoms. The van der Waals surface area contributed by atoms with Crippen LogP contribution >= 0.6 is 0 Å². The van der Waals surface area contributed by atoms with Gasteiger partial charge in [-0.15, -0.1) is 5.10 Å². The van der Waals surface area contributed by atoms with Gasteiger partial charge in [0.2, 0.25) is 0 Å². The van der Waals surface area contributed by atoms with Gasteiger partial charge < -0.3 is 5.73 Å². The zero-order valence-corrected chi connectivity index (χ0v) is 9.93. The van der Waals surface area contributed by atoms with E-state index in [0.717, 1.165) is 12.1 Å². The van der Waals surface area contributed by atoms with Crippen molar-refractivity contribution in [3.8, 4) is 11.4 Å². The van der Waals surface area contributed by atoms with Crippen molar-refractivity contribution in [3.63, 3.8) is 0 Å². The molecule has 0 saturated carbocycles. The van der Waals surface area contributed by atoms with Gasteiger partial charge in [0, 0.05) is 11.6 Å². The number of nitrogen functional groups attached to an aromatic ring is 1. The van der Waals surface area contributed by atoms with Crippen molar-refractivity contribution in [3.05, 3.63) is 41.7 Å². The van der Waals surface area contributed by atoms with Crippen molar-refractivity contribution in [2.24, 2.45) is 0 Å². The van der Waals surface area contributed by atoms with Crippen LogP contribution in [0.2, 0.25) is 0 Å². The van der Waals surface area contributed by atoms with E-state index in [1.807, 2.05) is 0 Å². The third-order valence-corrected chi connectivity index (χ3v) is 2.63. The van der Waals surface area contributed by atoms with Crippen molar-refractivity contribution in [2.45, 2.75) is 6.92 Å². The van der Waals surface area contributed by atoms with Gasteiger partial charge in [0.1, 0.15) is 11.6 Å². The van der Waals surface area contributed by atoms with Crippen LogP contribution in [0.4, 0.5) is 14.6 Å². The van der Waals surface area contributed by atoms with Crippen LogP contribution in [0.3, 0.4) is 0 Å². The van der Waals surface area contributed by atoms with Gasteiger partial charge in [0.25, 0.3) is 0 Å². The molecule has 0 saturated heterocycles. The average Bonchev–Trinajstić information content (AvgIpc) is 2.72. The molecule has 0 radical (unpaired) electrons. The molecule has 2 N–H and O–H groups in total. The number of benzene rings is 1. The van der Waals surface area contributed by atoms with Crippen LogP contribution in [0.25, 0.3) is 17.0 Å². The van der Waals surface area contributed by atoms with Gasteiger partial charge in [-0.05, 0) is 25.1 Å². The first kappa shape index (κ1) is 11.5. The molecule has 0 fully saturated rings. The molecule has 3 rings (SSSR count). The average molecular weight is 261 g/mol. The lowest BCUT2D eigenvalue weighted by Gasteiger charge is -2.05. The number of rotatable bonds is 1. The number of hydrogen-bond donors (Lipinski definition) is 1. The molecule has 0 aliphatic carbocycles. The van der Waals surface area contributed by atoms with E-state index in [-0.39, 0.29) is 5.82 Å². The molecule has 0 bridgehead atoms. The third-order valence-electron chi connectivity index (χ3n) is 2.63. The minimum absolute atomic E-state index is 0.236. The lowest BCUT2D eigenvalue weighted by molar-refractivity contribution is 0.509. The normalized spacial score (nSPS) is 11.1. The van der Waals surface area contributed by atoms with Gasteiger partial charge >= 0.3 is 0 Å². The Morgan fingerprint density at radius 2 is 1.89 bits per heavy atom. The second kappa shape index (κ2) is 3.98. The number of nitrogens with zero attached hydrogens (tertiary/aromatic N) is 4. The molecule has 0 aliphatic heterocycles. The minimum Gasteiger partial charge on any atom is -0.384 e. The van der Waals surface area contributed by atoms with E-state index in [1.54, 1.807) is 13.0 Å². The molecule has 2 heterocycles. The SMILES string of the molecule is Cc1nc2cc(N)nc(-c3ccc(F)c(F)c3)n2n1. The second-order valence-electron chi connectivity index (χ2n) is 4.06. The van der Waals surface area contributed by atoms with Gasteiger partial charge in [0.15, 0.2) is 23.1 Å². The second-order valence-corrected chi connectivity index (χ2v) is 4.06. The molecule has 96 valence electrons. The Labute approximate surface area is 106 Å². The first-order valence-electron chi connectivity index (χ1n) is 5.50. The number of nitrogens with two attached hydrogens (primary N) is 1. The Balaban J connectivity index is 2.31. The quantitative estimate of drug-likeness (QED) is 0.727. The first-order valence-corrected chi connectivity index (χ1v) is 5.50. The summed E-state index contributed by atoms with van der Waals surface area (Å²) in [7, 11) is 0. The van der Waals surface area contributed by atoms with E-state index >= 15 is 0 Å². The topological polar surface area (TPSA) is 69.1 Å². The highest BCUT2D eigenvalue weighted by Crippen LogP contribution is 2.21. The molecule has 1 aromatic carbocycles. The summed E-state index contributed by atoms with van der Waals surface area (Å²) in [4.78, 5) is 8.27. The van der Waals surface area contributed by atoms with Crippen LogP contribution in [0.5, 0.6) is 0 Å². The highest BCUT2D eigenvalue weighted by Gasteiger charge is 2.12. The van der Waals surface area contributed by atoms with Crippen molar-refractivity contribution < 1.29 is 8.78 Å². The summed E-state index contributed by atoms with van der Waals surface area (Å²) in [5, 5.41) is 4.15. The van der Waals surface area contributed by atoms with Gasteiger partial charge in [0.05, 0.1) is 0 Å². The molecule has 0 spiro atoms. The lowest BCUT2D eigenvalue weighted by Crippen LogP contribution is -2.02. The Morgan fingerprint density at radius 3 is 2.63 bits per heavy atom. The zero-order valence-electron chi connectivity index (χ0n) is 9.93. The summed E-state index contributed by atoms with van der Waals surface area (Å²) in [5.74, 6) is -0.782. The van der Waals surface area contributed by atoms with Crippen molar-refractivity contribution in [2.75, 3.05) is 5.73 Å². The van der Waals surface area contributed by atoms with E-state index in [4.69, 9.17) is 5.73 Å². The van der Waals surface area contributed by atoms with Crippen molar-refractivity contribution in [1.82, 2.24) is 19.6 Å². The standard InChI is InChI=1S/C12H9F2N5/c1-6-16-11-5-10(15)17-12(19(11)18-6)7-2-3-8(13)9(14)4-7/h2-5H,15H2,1H3. The predicted molar refractivity (Wildman–Crippen MR) is 65.3 cm³/mol. The largest absolute Gasteiger partial charge is 0.384 e. The van der Waals surface area contributed by atoms with Gasteiger partial charge in [-0.2, -0.15) is 4.52 Å². The van der Waals surface area contributed by atoms with Crippen LogP contribution in [0, 0.1) is 18.6 Å². The molecule has 0 aliphatic rings. The third kappa shape index (κ3) is 1.88. The summed E-state index contributed by atoms with van der Waals surface area (Å²) in [6, 6.07) is 5.05. The van der Waals surface area contributed by atoms with E-state index < -0.39 is 11.6 Å². The number of halogens is 2. The van der Waals surface area contributed by atoms with E-state index in [9.17, 15) is 8.78 Å². The summed E-state index contributed by atoms with van der Waals surface area (Å²) in [6.07, 6.45) is 0. The van der Waals surface area contributed by atoms with Crippen LogP contribution in [-0.4, -0.2) is 19.6 Å². The molecular weight excluding hydrogens is 252 g/mol. The fraction of sp³-hybridized carbons (Fsp3) is 0.0833. The number of hydrogen-bond acceptors (Lipinski definition) is 4. The van der Waals surface area contributed by atoms with Crippen LogP contribution < -0.4 is 5.73 Å². The van der Waals surface area contributed by atoms with Gasteiger partial charge in [-0.25, -0.2) is 18.7 Å². The lowest BCUT2D eigenvalue weighted by atomic mass is 10.2. The van der Waals surface area contributed by atoms with Crippen molar-refractivity contribution >= 4 is 11.5 Å². The molecule has 5 nitrogen and oxygen atoms in total. The van der Waals surface area contributed by atoms with E-state index in [2.05, 4.69) is 15.1 Å². The van der Waals surface area contributed by atoms with Gasteiger partial charge in [-0.1, -0.05) is 0 Å². The number of aromatic nitrogens is 4. The minimum atomic E-state index is -0.952. The summed E-state index contributed by atoms with van der Waals surface area (Å²) in [6.45, 7) is 1.72. The fourth-order valence-corrected chi connectivity index (χ4v) is 1.84. The fourth-order valence-electron chi connectivity index (χ4n) is 1.84. The number of aryl methyl sites for hydroxylation is 1. The Morgan fingerprint density at radius 1 is 1.11 bits per heavy atom. The molecule has 7 heteroatoms. The maximum atomic E-state index is 13.3. The summed E-state index contributed by atoms with van der Waals surface area (Å²) < 4.78 is 27.7. The highest BCUT2D eigenvalue weighted by atomic mass is 19.2. The summed E-state index contributed by atoms with van der Waals surface area (Å²) >= 11 is 0. The Kier molecular flexibility index (Phi) is 2.41. The van der Waals surface area contributed by atoms with Crippen LogP contribution in [0.15, 0.2) is 24.3 Å². The molecule has 0 amide bonds. The van der Waals surface area contributed by atoms with Crippen molar-refractivity contribution in [1.29, 1.82) is 0 Å². The molecule has 0 unspecified atom stereocenters. The smallest absolute Gasteiger partial charge is 0.165 e. The maximum absolute atomic E-state index is 13.3. The number of fused-ring (bicyclic) bond motifs is 1. The first-order chi connectivity index (χ1) is 9.04. The Hall–Kier alpha value is -2.57. The van der Waals surface area contributed by atoms with E-state index in [1.165, 1.54) is 10.6 Å². The molecular formula is C12H9F2N5. The van der Waals surface area contributed by atoms with Gasteiger partial charge in [-0.3, -0.25) is 0 Å². The molecule has 2 aromatic heterocycles. The van der Waals surface area contributed by atoms with E-state index in [0.29, 0.717) is 22.9 Å².